The van der Waals surface area contributed by atoms with Gasteiger partial charge in [-0.3, -0.25) is 0 Å². The van der Waals surface area contributed by atoms with Crippen molar-refractivity contribution in [3.8, 4) is 0 Å². The Bertz CT molecular complexity index is 178. The maximum absolute atomic E-state index is 5.35. The van der Waals surface area contributed by atoms with Gasteiger partial charge >= 0.3 is 0 Å². The molecule has 0 atom stereocenters. The molecule has 1 aromatic rings. The molecule has 0 aliphatic carbocycles. The molecule has 1 aromatic heterocycles. The molecule has 0 saturated heterocycles. The molecule has 62 valence electrons. The summed E-state index contributed by atoms with van der Waals surface area (Å²) in [6.07, 6.45) is 5.44. The van der Waals surface area contributed by atoms with E-state index in [1.54, 1.807) is 12.4 Å². The van der Waals surface area contributed by atoms with Crippen molar-refractivity contribution in [2.45, 2.75) is 11.7 Å². The lowest BCUT2D eigenvalue weighted by atomic mass is 10.4. The molecule has 1 rings (SSSR count). The highest BCUT2D eigenvalue weighted by atomic mass is 35.5. The van der Waals surface area contributed by atoms with Gasteiger partial charge in [0.15, 0.2) is 5.16 Å². The lowest BCUT2D eigenvalue weighted by molar-refractivity contribution is 0.916. The molecule has 2 N–H and O–H groups in total. The first kappa shape index (κ1) is 10.7. The van der Waals surface area contributed by atoms with E-state index in [0.717, 1.165) is 10.7 Å². The lowest BCUT2D eigenvalue weighted by Gasteiger charge is -1.95. The molecular formula is C6H10ClN3S. The van der Waals surface area contributed by atoms with Gasteiger partial charge in [-0.15, -0.1) is 12.4 Å². The van der Waals surface area contributed by atoms with Crippen LogP contribution >= 0.6 is 24.2 Å². The number of hydrogen-bond donors (Lipinski definition) is 1. The van der Waals surface area contributed by atoms with E-state index in [-0.39, 0.29) is 12.4 Å². The first-order valence-corrected chi connectivity index (χ1v) is 4.14. The zero-order valence-electron chi connectivity index (χ0n) is 6.15. The van der Waals surface area contributed by atoms with E-state index in [1.807, 2.05) is 6.26 Å². The van der Waals surface area contributed by atoms with Crippen molar-refractivity contribution in [3.63, 3.8) is 0 Å². The number of aromatic nitrogens is 2. The predicted octanol–water partition coefficient (Wildman–Crippen LogP) is 1.08. The Hall–Kier alpha value is -0.320. The third-order valence-electron chi connectivity index (χ3n) is 1.10. The zero-order valence-corrected chi connectivity index (χ0v) is 7.78. The minimum atomic E-state index is 0. The molecule has 0 unspecified atom stereocenters. The Labute approximate surface area is 76.2 Å². The number of nitrogens with zero attached hydrogens (tertiary/aromatic N) is 2. The van der Waals surface area contributed by atoms with Crippen LogP contribution in [0.25, 0.3) is 0 Å². The van der Waals surface area contributed by atoms with Gasteiger partial charge in [-0.05, 0) is 6.26 Å². The summed E-state index contributed by atoms with van der Waals surface area (Å²) in [5.41, 5.74) is 6.32. The average molecular weight is 192 g/mol. The summed E-state index contributed by atoms with van der Waals surface area (Å²) in [7, 11) is 0. The van der Waals surface area contributed by atoms with Crippen LogP contribution in [0.2, 0.25) is 0 Å². The summed E-state index contributed by atoms with van der Waals surface area (Å²) in [5, 5.41) is 0.789. The molecule has 0 aliphatic heterocycles. The van der Waals surface area contributed by atoms with Gasteiger partial charge in [0.05, 0.1) is 0 Å². The summed E-state index contributed by atoms with van der Waals surface area (Å²) in [5.74, 6) is 0. The smallest absolute Gasteiger partial charge is 0.187 e. The molecule has 1 heterocycles. The standard InChI is InChI=1S/C6H9N3S.ClH/c1-10-6-8-3-5(2-7)4-9-6;/h3-4H,2,7H2,1H3;1H. The fourth-order valence-electron chi connectivity index (χ4n) is 0.554. The van der Waals surface area contributed by atoms with Crippen LogP contribution < -0.4 is 5.73 Å². The summed E-state index contributed by atoms with van der Waals surface area (Å²) in [6, 6.07) is 0. The fraction of sp³-hybridized carbons (Fsp3) is 0.333. The van der Waals surface area contributed by atoms with Gasteiger partial charge in [0, 0.05) is 24.5 Å². The van der Waals surface area contributed by atoms with Crippen LogP contribution in [0.1, 0.15) is 5.56 Å². The van der Waals surface area contributed by atoms with E-state index in [1.165, 1.54) is 11.8 Å². The van der Waals surface area contributed by atoms with Crippen molar-refractivity contribution in [2.75, 3.05) is 6.26 Å². The molecule has 0 aromatic carbocycles. The van der Waals surface area contributed by atoms with Crippen molar-refractivity contribution in [1.29, 1.82) is 0 Å². The second kappa shape index (κ2) is 5.35. The van der Waals surface area contributed by atoms with E-state index in [0.29, 0.717) is 6.54 Å². The topological polar surface area (TPSA) is 51.8 Å². The van der Waals surface area contributed by atoms with Crippen molar-refractivity contribution >= 4 is 24.2 Å². The van der Waals surface area contributed by atoms with Gasteiger partial charge < -0.3 is 5.73 Å². The third kappa shape index (κ3) is 3.05. The largest absolute Gasteiger partial charge is 0.326 e. The van der Waals surface area contributed by atoms with E-state index in [2.05, 4.69) is 9.97 Å². The zero-order chi connectivity index (χ0) is 7.40. The van der Waals surface area contributed by atoms with E-state index >= 15 is 0 Å². The monoisotopic (exact) mass is 191 g/mol. The van der Waals surface area contributed by atoms with Gasteiger partial charge in [-0.2, -0.15) is 0 Å². The van der Waals surface area contributed by atoms with Crippen molar-refractivity contribution in [1.82, 2.24) is 9.97 Å². The van der Waals surface area contributed by atoms with E-state index < -0.39 is 0 Å². The average Bonchev–Trinajstić information content (AvgIpc) is 2.05. The van der Waals surface area contributed by atoms with Crippen LogP contribution in [0.5, 0.6) is 0 Å². The van der Waals surface area contributed by atoms with Gasteiger partial charge in [0.1, 0.15) is 0 Å². The SMILES string of the molecule is CSc1ncc(CN)cn1.Cl. The maximum atomic E-state index is 5.35. The van der Waals surface area contributed by atoms with Crippen LogP contribution in [-0.2, 0) is 6.54 Å². The van der Waals surface area contributed by atoms with Gasteiger partial charge in [-0.25, -0.2) is 9.97 Å². The predicted molar refractivity (Wildman–Crippen MR) is 49.0 cm³/mol. The Balaban J connectivity index is 0.000001000. The summed E-state index contributed by atoms with van der Waals surface area (Å²) in [4.78, 5) is 8.08. The van der Waals surface area contributed by atoms with E-state index in [4.69, 9.17) is 5.73 Å². The van der Waals surface area contributed by atoms with Crippen molar-refractivity contribution in [3.05, 3.63) is 18.0 Å². The fourth-order valence-corrected chi connectivity index (χ4v) is 0.870. The normalized spacial score (nSPS) is 8.91. The number of hydrogen-bond acceptors (Lipinski definition) is 4. The molecule has 3 nitrogen and oxygen atoms in total. The lowest BCUT2D eigenvalue weighted by Crippen LogP contribution is -1.98. The molecule has 0 amide bonds. The molecule has 0 saturated carbocycles. The Morgan fingerprint density at radius 2 is 2.00 bits per heavy atom. The van der Waals surface area contributed by atoms with Crippen LogP contribution in [0.3, 0.4) is 0 Å². The molecule has 0 aliphatic rings. The van der Waals surface area contributed by atoms with Gasteiger partial charge in [0.2, 0.25) is 0 Å². The highest BCUT2D eigenvalue weighted by Gasteiger charge is 1.91. The highest BCUT2D eigenvalue weighted by molar-refractivity contribution is 7.98. The molecule has 0 spiro atoms. The Morgan fingerprint density at radius 1 is 1.45 bits per heavy atom. The Kier molecular flexibility index (Phi) is 5.19. The number of rotatable bonds is 2. The molecule has 5 heteroatoms. The quantitative estimate of drug-likeness (QED) is 0.562. The highest BCUT2D eigenvalue weighted by Crippen LogP contribution is 2.05. The first-order valence-electron chi connectivity index (χ1n) is 2.92. The summed E-state index contributed by atoms with van der Waals surface area (Å²) >= 11 is 1.52. The van der Waals surface area contributed by atoms with Gasteiger partial charge in [-0.1, -0.05) is 11.8 Å². The molecule has 0 bridgehead atoms. The van der Waals surface area contributed by atoms with Crippen LogP contribution in [0, 0.1) is 0 Å². The molecule has 11 heavy (non-hydrogen) atoms. The van der Waals surface area contributed by atoms with Gasteiger partial charge in [0.25, 0.3) is 0 Å². The van der Waals surface area contributed by atoms with Crippen molar-refractivity contribution < 1.29 is 0 Å². The maximum Gasteiger partial charge on any atom is 0.187 e. The molecule has 0 fully saturated rings. The third-order valence-corrected chi connectivity index (χ3v) is 1.68. The second-order valence-electron chi connectivity index (χ2n) is 1.78. The first-order chi connectivity index (χ1) is 4.86. The number of thioether (sulfide) groups is 1. The minimum Gasteiger partial charge on any atom is -0.326 e. The second-order valence-corrected chi connectivity index (χ2v) is 2.56. The molecule has 0 radical (unpaired) electrons. The minimum absolute atomic E-state index is 0. The van der Waals surface area contributed by atoms with Crippen molar-refractivity contribution in [2.24, 2.45) is 5.73 Å². The van der Waals surface area contributed by atoms with E-state index in [9.17, 15) is 0 Å². The molecular weight excluding hydrogens is 182 g/mol. The van der Waals surface area contributed by atoms with Crippen LogP contribution in [0.15, 0.2) is 17.6 Å². The van der Waals surface area contributed by atoms with Crippen LogP contribution in [0.4, 0.5) is 0 Å². The summed E-state index contributed by atoms with van der Waals surface area (Å²) < 4.78 is 0. The number of nitrogens with two attached hydrogens (primary N) is 1. The summed E-state index contributed by atoms with van der Waals surface area (Å²) in [6.45, 7) is 0.509. The van der Waals surface area contributed by atoms with Crippen LogP contribution in [-0.4, -0.2) is 16.2 Å². The Morgan fingerprint density at radius 3 is 2.36 bits per heavy atom. The number of halogens is 1.